The highest BCUT2D eigenvalue weighted by Crippen LogP contribution is 2.62. The molecule has 0 fully saturated rings. The second-order valence-electron chi connectivity index (χ2n) is 8.96. The first-order valence-electron chi connectivity index (χ1n) is 10.6. The summed E-state index contributed by atoms with van der Waals surface area (Å²) in [4.78, 5) is 0. The van der Waals surface area contributed by atoms with Gasteiger partial charge in [0.1, 0.15) is 0 Å². The molecule has 1 unspecified atom stereocenters. The average molecular weight is 381 g/mol. The van der Waals surface area contributed by atoms with Crippen molar-refractivity contribution < 1.29 is 4.74 Å². The van der Waals surface area contributed by atoms with Crippen molar-refractivity contribution in [3.63, 3.8) is 0 Å². The molecule has 1 nitrogen and oxygen atoms in total. The molecule has 0 radical (unpaired) electrons. The molecule has 0 saturated heterocycles. The number of allylic oxidation sites excluding steroid dienone is 1. The van der Waals surface area contributed by atoms with Crippen LogP contribution in [0, 0.1) is 5.41 Å². The first kappa shape index (κ1) is 18.4. The van der Waals surface area contributed by atoms with Crippen LogP contribution in [0.2, 0.25) is 0 Å². The maximum absolute atomic E-state index is 5.61. The number of hydrogen-bond acceptors (Lipinski definition) is 1. The molecule has 3 aromatic rings. The van der Waals surface area contributed by atoms with Crippen LogP contribution >= 0.6 is 0 Å². The molecule has 0 N–H and O–H groups in total. The van der Waals surface area contributed by atoms with Crippen molar-refractivity contribution in [2.24, 2.45) is 5.41 Å². The van der Waals surface area contributed by atoms with Gasteiger partial charge in [0, 0.05) is 25.0 Å². The topological polar surface area (TPSA) is 9.23 Å². The maximum atomic E-state index is 5.61. The SMILES string of the molecule is COCCC1(C(C)(C)C2c3ccccc3-c3ccccc32)C=Cc2ccccc21. The number of ether oxygens (including phenoxy) is 1. The smallest absolute Gasteiger partial charge is 0.0474 e. The molecule has 5 rings (SSSR count). The summed E-state index contributed by atoms with van der Waals surface area (Å²) in [5, 5.41) is 0. The molecule has 1 atom stereocenters. The Hall–Kier alpha value is -2.64. The van der Waals surface area contributed by atoms with Gasteiger partial charge in [-0.05, 0) is 45.2 Å². The molecule has 146 valence electrons. The first-order chi connectivity index (χ1) is 14.1. The van der Waals surface area contributed by atoms with Crippen molar-refractivity contribution in [3.05, 3.63) is 101 Å². The summed E-state index contributed by atoms with van der Waals surface area (Å²) in [5.74, 6) is 0.336. The fourth-order valence-electron chi connectivity index (χ4n) is 5.93. The summed E-state index contributed by atoms with van der Waals surface area (Å²) >= 11 is 0. The van der Waals surface area contributed by atoms with Crippen molar-refractivity contribution in [2.75, 3.05) is 13.7 Å². The van der Waals surface area contributed by atoms with E-state index in [4.69, 9.17) is 4.74 Å². The minimum atomic E-state index is -0.0746. The molecular formula is C28H28O. The van der Waals surface area contributed by atoms with Crippen LogP contribution in [0.5, 0.6) is 0 Å². The molecule has 2 aliphatic carbocycles. The van der Waals surface area contributed by atoms with Crippen LogP contribution in [0.15, 0.2) is 78.9 Å². The van der Waals surface area contributed by atoms with Crippen molar-refractivity contribution in [3.8, 4) is 11.1 Å². The van der Waals surface area contributed by atoms with E-state index in [1.54, 1.807) is 0 Å². The number of fused-ring (bicyclic) bond motifs is 4. The van der Waals surface area contributed by atoms with Crippen LogP contribution in [-0.2, 0) is 10.2 Å². The van der Waals surface area contributed by atoms with Crippen LogP contribution in [0.1, 0.15) is 48.4 Å². The van der Waals surface area contributed by atoms with E-state index in [-0.39, 0.29) is 10.8 Å². The summed E-state index contributed by atoms with van der Waals surface area (Å²) in [6, 6.07) is 26.8. The third kappa shape index (κ3) is 2.50. The standard InChI is InChI=1S/C28H28O/c1-27(2,28(18-19-29-3)17-16-20-10-4-9-15-25(20)28)26-23-13-7-5-11-21(23)22-12-6-8-14-24(22)26/h4-17,26H,18-19H2,1-3H3. The fraction of sp³-hybridized carbons (Fsp3) is 0.286. The molecule has 3 aromatic carbocycles. The van der Waals surface area contributed by atoms with Crippen LogP contribution in [-0.4, -0.2) is 13.7 Å². The largest absolute Gasteiger partial charge is 0.385 e. The zero-order valence-electron chi connectivity index (χ0n) is 17.5. The molecular weight excluding hydrogens is 352 g/mol. The zero-order valence-corrected chi connectivity index (χ0v) is 17.5. The monoisotopic (exact) mass is 380 g/mol. The normalized spacial score (nSPS) is 19.8. The fourth-order valence-corrected chi connectivity index (χ4v) is 5.93. The van der Waals surface area contributed by atoms with Crippen LogP contribution in [0.25, 0.3) is 17.2 Å². The lowest BCUT2D eigenvalue weighted by atomic mass is 9.54. The van der Waals surface area contributed by atoms with Gasteiger partial charge in [-0.3, -0.25) is 0 Å². The average Bonchev–Trinajstić information content (AvgIpc) is 3.30. The van der Waals surface area contributed by atoms with E-state index in [0.29, 0.717) is 5.92 Å². The highest BCUT2D eigenvalue weighted by atomic mass is 16.5. The Morgan fingerprint density at radius 1 is 0.828 bits per heavy atom. The third-order valence-electron chi connectivity index (χ3n) is 7.39. The summed E-state index contributed by atoms with van der Waals surface area (Å²) in [5.41, 5.74) is 8.35. The molecule has 1 heteroatoms. The Morgan fingerprint density at radius 2 is 1.41 bits per heavy atom. The van der Waals surface area contributed by atoms with Gasteiger partial charge < -0.3 is 4.74 Å². The summed E-state index contributed by atoms with van der Waals surface area (Å²) < 4.78 is 5.61. The highest BCUT2D eigenvalue weighted by molar-refractivity contribution is 5.80. The predicted molar refractivity (Wildman–Crippen MR) is 121 cm³/mol. The summed E-state index contributed by atoms with van der Waals surface area (Å²) in [6.07, 6.45) is 5.75. The molecule has 0 saturated carbocycles. The molecule has 29 heavy (non-hydrogen) atoms. The van der Waals surface area contributed by atoms with E-state index in [2.05, 4.69) is 98.8 Å². The summed E-state index contributed by atoms with van der Waals surface area (Å²) in [6.45, 7) is 5.66. The molecule has 0 aliphatic heterocycles. The Bertz CT molecular complexity index is 1050. The second kappa shape index (κ2) is 6.71. The van der Waals surface area contributed by atoms with Gasteiger partial charge in [-0.25, -0.2) is 0 Å². The Kier molecular flexibility index (Phi) is 4.26. The van der Waals surface area contributed by atoms with Crippen LogP contribution < -0.4 is 0 Å². The molecule has 0 aromatic heterocycles. The van der Waals surface area contributed by atoms with Gasteiger partial charge in [-0.1, -0.05) is 98.8 Å². The molecule has 0 spiro atoms. The second-order valence-corrected chi connectivity index (χ2v) is 8.96. The van der Waals surface area contributed by atoms with Gasteiger partial charge >= 0.3 is 0 Å². The maximum Gasteiger partial charge on any atom is 0.0474 e. The first-order valence-corrected chi connectivity index (χ1v) is 10.6. The van der Waals surface area contributed by atoms with Gasteiger partial charge in [-0.2, -0.15) is 0 Å². The predicted octanol–water partition coefficient (Wildman–Crippen LogP) is 6.83. The number of rotatable bonds is 5. The minimum absolute atomic E-state index is 0.0304. The van der Waals surface area contributed by atoms with E-state index in [1.807, 2.05) is 7.11 Å². The van der Waals surface area contributed by atoms with Crippen molar-refractivity contribution in [1.29, 1.82) is 0 Å². The lowest BCUT2D eigenvalue weighted by Crippen LogP contribution is -2.44. The number of benzene rings is 3. The minimum Gasteiger partial charge on any atom is -0.385 e. The van der Waals surface area contributed by atoms with Crippen LogP contribution in [0.3, 0.4) is 0 Å². The number of hydrogen-bond donors (Lipinski definition) is 0. The number of methoxy groups -OCH3 is 1. The van der Waals surface area contributed by atoms with Crippen molar-refractivity contribution in [2.45, 2.75) is 31.6 Å². The Labute approximate surface area is 174 Å². The Balaban J connectivity index is 1.74. The summed E-state index contributed by atoms with van der Waals surface area (Å²) in [7, 11) is 1.81. The van der Waals surface area contributed by atoms with Gasteiger partial charge in [-0.15, -0.1) is 0 Å². The van der Waals surface area contributed by atoms with Gasteiger partial charge in [0.2, 0.25) is 0 Å². The van der Waals surface area contributed by atoms with E-state index in [9.17, 15) is 0 Å². The van der Waals surface area contributed by atoms with E-state index < -0.39 is 0 Å². The lowest BCUT2D eigenvalue weighted by Gasteiger charge is -2.49. The lowest BCUT2D eigenvalue weighted by molar-refractivity contribution is 0.115. The molecule has 0 amide bonds. The van der Waals surface area contributed by atoms with E-state index in [1.165, 1.54) is 33.4 Å². The van der Waals surface area contributed by atoms with Gasteiger partial charge in [0.25, 0.3) is 0 Å². The van der Waals surface area contributed by atoms with E-state index in [0.717, 1.165) is 13.0 Å². The van der Waals surface area contributed by atoms with E-state index >= 15 is 0 Å². The quantitative estimate of drug-likeness (QED) is 0.471. The Morgan fingerprint density at radius 3 is 2.07 bits per heavy atom. The van der Waals surface area contributed by atoms with Crippen molar-refractivity contribution in [1.82, 2.24) is 0 Å². The van der Waals surface area contributed by atoms with Crippen LogP contribution in [0.4, 0.5) is 0 Å². The van der Waals surface area contributed by atoms with Gasteiger partial charge in [0.05, 0.1) is 0 Å². The molecule has 0 bridgehead atoms. The zero-order chi connectivity index (χ0) is 20.1. The van der Waals surface area contributed by atoms with Gasteiger partial charge in [0.15, 0.2) is 0 Å². The molecule has 2 aliphatic rings. The highest BCUT2D eigenvalue weighted by Gasteiger charge is 2.53. The van der Waals surface area contributed by atoms with Crippen molar-refractivity contribution >= 4 is 6.08 Å². The molecule has 0 heterocycles. The third-order valence-corrected chi connectivity index (χ3v) is 7.39.